The van der Waals surface area contributed by atoms with Gasteiger partial charge in [-0.05, 0) is 42.0 Å². The van der Waals surface area contributed by atoms with Crippen LogP contribution in [0.3, 0.4) is 0 Å². The molecule has 18 heavy (non-hydrogen) atoms. The van der Waals surface area contributed by atoms with E-state index in [9.17, 15) is 4.79 Å². The summed E-state index contributed by atoms with van der Waals surface area (Å²) < 4.78 is 0. The van der Waals surface area contributed by atoms with E-state index >= 15 is 0 Å². The molecule has 0 radical (unpaired) electrons. The van der Waals surface area contributed by atoms with Crippen LogP contribution in [0.4, 0.5) is 0 Å². The lowest BCUT2D eigenvalue weighted by atomic mass is 9.94. The molecule has 0 spiro atoms. The number of hydrogen-bond donors (Lipinski definition) is 1. The van der Waals surface area contributed by atoms with Crippen molar-refractivity contribution >= 4 is 23.1 Å². The Morgan fingerprint density at radius 2 is 2.00 bits per heavy atom. The van der Waals surface area contributed by atoms with Gasteiger partial charge >= 0.3 is 0 Å². The first-order chi connectivity index (χ1) is 8.38. The highest BCUT2D eigenvalue weighted by Crippen LogP contribution is 2.30. The van der Waals surface area contributed by atoms with Gasteiger partial charge in [-0.3, -0.25) is 4.79 Å². The van der Waals surface area contributed by atoms with Crippen molar-refractivity contribution in [2.45, 2.75) is 40.0 Å². The minimum absolute atomic E-state index is 0.379. The van der Waals surface area contributed by atoms with Crippen LogP contribution in [0.2, 0.25) is 5.02 Å². The van der Waals surface area contributed by atoms with E-state index in [0.29, 0.717) is 11.5 Å². The number of hydrogen-bond acceptors (Lipinski definition) is 1. The van der Waals surface area contributed by atoms with Crippen molar-refractivity contribution in [3.63, 3.8) is 0 Å². The number of benzene rings is 1. The first-order valence-corrected chi connectivity index (χ1v) is 6.55. The molecule has 0 aliphatic carbocycles. The van der Waals surface area contributed by atoms with Gasteiger partial charge in [-0.2, -0.15) is 0 Å². The summed E-state index contributed by atoms with van der Waals surface area (Å²) >= 11 is 6.27. The fourth-order valence-corrected chi connectivity index (χ4v) is 2.42. The van der Waals surface area contributed by atoms with Gasteiger partial charge in [0.05, 0.1) is 0 Å². The number of rotatable bonds is 4. The zero-order valence-electron chi connectivity index (χ0n) is 11.4. The normalized spacial score (nSPS) is 12.6. The molecule has 0 aliphatic heterocycles. The summed E-state index contributed by atoms with van der Waals surface area (Å²) in [5, 5.41) is 0.741. The van der Waals surface area contributed by atoms with Gasteiger partial charge in [0.15, 0.2) is 0 Å². The molecule has 98 valence electrons. The Morgan fingerprint density at radius 3 is 2.39 bits per heavy atom. The molecule has 0 aliphatic rings. The quantitative estimate of drug-likeness (QED) is 0.817. The fraction of sp³-hybridized carbons (Fsp3) is 0.400. The van der Waals surface area contributed by atoms with Gasteiger partial charge in [0.2, 0.25) is 5.91 Å². The maximum Gasteiger partial charge on any atom is 0.244 e. The van der Waals surface area contributed by atoms with Gasteiger partial charge in [0.1, 0.15) is 0 Å². The predicted octanol–water partition coefficient (Wildman–Crippen LogP) is 4.13. The average Bonchev–Trinajstić information content (AvgIpc) is 2.29. The minimum Gasteiger partial charge on any atom is -0.366 e. The molecule has 0 bridgehead atoms. The number of amides is 1. The highest BCUT2D eigenvalue weighted by Gasteiger charge is 2.11. The monoisotopic (exact) mass is 265 g/mol. The van der Waals surface area contributed by atoms with Crippen LogP contribution in [-0.4, -0.2) is 5.91 Å². The molecule has 0 saturated heterocycles. The van der Waals surface area contributed by atoms with Gasteiger partial charge in [0, 0.05) is 10.6 Å². The van der Waals surface area contributed by atoms with Crippen LogP contribution < -0.4 is 5.73 Å². The van der Waals surface area contributed by atoms with Crippen LogP contribution >= 0.6 is 11.6 Å². The summed E-state index contributed by atoms with van der Waals surface area (Å²) in [5.74, 6) is 0.00810. The third-order valence-corrected chi connectivity index (χ3v) is 3.47. The van der Waals surface area contributed by atoms with E-state index in [2.05, 4.69) is 13.8 Å². The van der Waals surface area contributed by atoms with E-state index < -0.39 is 0 Å². The molecule has 3 heteroatoms. The lowest BCUT2D eigenvalue weighted by molar-refractivity contribution is -0.114. The van der Waals surface area contributed by atoms with E-state index in [0.717, 1.165) is 28.1 Å². The van der Waals surface area contributed by atoms with Crippen LogP contribution in [0.25, 0.3) is 5.57 Å². The Morgan fingerprint density at radius 1 is 1.39 bits per heavy atom. The Balaban J connectivity index is 3.30. The SMILES string of the molecule is CCC(=C(C)C(N)=O)c1ccc(C(C)C)c(Cl)c1. The number of nitrogens with two attached hydrogens (primary N) is 1. The molecule has 0 saturated carbocycles. The van der Waals surface area contributed by atoms with Gasteiger partial charge in [-0.1, -0.05) is 44.5 Å². The van der Waals surface area contributed by atoms with E-state index in [4.69, 9.17) is 17.3 Å². The molecule has 1 aromatic carbocycles. The molecular weight excluding hydrogens is 246 g/mol. The first kappa shape index (κ1) is 14.8. The molecule has 1 rings (SSSR count). The summed E-state index contributed by atoms with van der Waals surface area (Å²) in [6, 6.07) is 5.95. The smallest absolute Gasteiger partial charge is 0.244 e. The second-order valence-electron chi connectivity index (χ2n) is 4.71. The molecule has 0 heterocycles. The van der Waals surface area contributed by atoms with E-state index in [-0.39, 0.29) is 5.91 Å². The van der Waals surface area contributed by atoms with Crippen LogP contribution in [0.15, 0.2) is 23.8 Å². The molecule has 0 atom stereocenters. The zero-order valence-corrected chi connectivity index (χ0v) is 12.1. The third kappa shape index (κ3) is 3.14. The third-order valence-electron chi connectivity index (χ3n) is 3.15. The lowest BCUT2D eigenvalue weighted by Crippen LogP contribution is -2.13. The molecule has 0 unspecified atom stereocenters. The Bertz CT molecular complexity index is 489. The Hall–Kier alpha value is -1.28. The van der Waals surface area contributed by atoms with Crippen molar-refractivity contribution < 1.29 is 4.79 Å². The molecule has 2 nitrogen and oxygen atoms in total. The second kappa shape index (κ2) is 6.05. The van der Waals surface area contributed by atoms with Gasteiger partial charge in [-0.15, -0.1) is 0 Å². The summed E-state index contributed by atoms with van der Waals surface area (Å²) in [4.78, 5) is 11.3. The van der Waals surface area contributed by atoms with Crippen molar-refractivity contribution in [3.05, 3.63) is 39.9 Å². The average molecular weight is 266 g/mol. The van der Waals surface area contributed by atoms with Crippen molar-refractivity contribution in [1.82, 2.24) is 0 Å². The highest BCUT2D eigenvalue weighted by atomic mass is 35.5. The second-order valence-corrected chi connectivity index (χ2v) is 5.12. The number of primary amides is 1. The van der Waals surface area contributed by atoms with Crippen molar-refractivity contribution in [2.24, 2.45) is 5.73 Å². The van der Waals surface area contributed by atoms with Crippen LogP contribution in [-0.2, 0) is 4.79 Å². The fourth-order valence-electron chi connectivity index (χ4n) is 2.02. The van der Waals surface area contributed by atoms with Crippen LogP contribution in [0.5, 0.6) is 0 Å². The standard InChI is InChI=1S/C15H20ClNO/c1-5-12(10(4)15(17)18)11-6-7-13(9(2)3)14(16)8-11/h6-9H,5H2,1-4H3,(H2,17,18). The van der Waals surface area contributed by atoms with Crippen molar-refractivity contribution in [3.8, 4) is 0 Å². The van der Waals surface area contributed by atoms with Crippen LogP contribution in [0.1, 0.15) is 51.2 Å². The van der Waals surface area contributed by atoms with Gasteiger partial charge < -0.3 is 5.73 Å². The van der Waals surface area contributed by atoms with Gasteiger partial charge in [-0.25, -0.2) is 0 Å². The largest absolute Gasteiger partial charge is 0.366 e. The van der Waals surface area contributed by atoms with E-state index in [1.54, 1.807) is 6.92 Å². The van der Waals surface area contributed by atoms with Crippen molar-refractivity contribution in [1.29, 1.82) is 0 Å². The maximum atomic E-state index is 11.3. The number of carbonyl (C=O) groups excluding carboxylic acids is 1. The number of allylic oxidation sites excluding steroid dienone is 1. The van der Waals surface area contributed by atoms with Crippen LogP contribution in [0, 0.1) is 0 Å². The maximum absolute atomic E-state index is 11.3. The molecule has 0 aromatic heterocycles. The minimum atomic E-state index is -0.379. The molecule has 0 fully saturated rings. The van der Waals surface area contributed by atoms with Gasteiger partial charge in [0.25, 0.3) is 0 Å². The Labute approximate surface area is 114 Å². The molecular formula is C15H20ClNO. The molecule has 1 amide bonds. The highest BCUT2D eigenvalue weighted by molar-refractivity contribution is 6.31. The van der Waals surface area contributed by atoms with Crippen molar-refractivity contribution in [2.75, 3.05) is 0 Å². The summed E-state index contributed by atoms with van der Waals surface area (Å²) in [7, 11) is 0. The predicted molar refractivity (Wildman–Crippen MR) is 77.6 cm³/mol. The first-order valence-electron chi connectivity index (χ1n) is 6.17. The summed E-state index contributed by atoms with van der Waals surface area (Å²) in [6.07, 6.45) is 0.756. The topological polar surface area (TPSA) is 43.1 Å². The number of carbonyl (C=O) groups is 1. The van der Waals surface area contributed by atoms with E-state index in [1.165, 1.54) is 0 Å². The number of halogens is 1. The Kier molecular flexibility index (Phi) is 4.97. The summed E-state index contributed by atoms with van der Waals surface area (Å²) in [6.45, 7) is 7.97. The lowest BCUT2D eigenvalue weighted by Gasteiger charge is -2.13. The van der Waals surface area contributed by atoms with E-state index in [1.807, 2.05) is 25.1 Å². The summed E-state index contributed by atoms with van der Waals surface area (Å²) in [5.41, 5.74) is 8.99. The zero-order chi connectivity index (χ0) is 13.9. The molecule has 1 aromatic rings. The molecule has 2 N–H and O–H groups in total.